The van der Waals surface area contributed by atoms with Crippen LogP contribution in [0, 0.1) is 0 Å². The number of hydrogen-bond acceptors (Lipinski definition) is 5. The van der Waals surface area contributed by atoms with Gasteiger partial charge in [-0.3, -0.25) is 0 Å². The fourth-order valence-corrected chi connectivity index (χ4v) is 4.31. The monoisotopic (exact) mass is 520 g/mol. The molecule has 1 heterocycles. The third-order valence-electron chi connectivity index (χ3n) is 4.90. The Morgan fingerprint density at radius 3 is 2.48 bits per heavy atom. The van der Waals surface area contributed by atoms with Crippen molar-refractivity contribution in [3.63, 3.8) is 0 Å². The molecule has 0 aliphatic carbocycles. The van der Waals surface area contributed by atoms with Crippen LogP contribution in [0.3, 0.4) is 0 Å². The molecule has 0 bridgehead atoms. The van der Waals surface area contributed by atoms with Crippen molar-refractivity contribution >= 4 is 33.9 Å². The van der Waals surface area contributed by atoms with E-state index < -0.39 is 0 Å². The summed E-state index contributed by atoms with van der Waals surface area (Å²) in [5, 5.41) is 14.3. The predicted octanol–water partition coefficient (Wildman–Crippen LogP) is 6.75. The molecule has 1 aromatic heterocycles. The van der Waals surface area contributed by atoms with E-state index in [4.69, 9.17) is 9.84 Å². The first-order valence-electron chi connectivity index (χ1n) is 10.8. The molecule has 5 nitrogen and oxygen atoms in total. The summed E-state index contributed by atoms with van der Waals surface area (Å²) in [6.45, 7) is 2.64. The van der Waals surface area contributed by atoms with Crippen molar-refractivity contribution in [2.24, 2.45) is 5.10 Å². The number of rotatable bonds is 10. The van der Waals surface area contributed by atoms with Crippen molar-refractivity contribution in [1.82, 2.24) is 14.9 Å². The number of halogens is 1. The molecule has 0 saturated carbocycles. The standard InChI is InChI=1S/C26H25BrN4OS/c1-2-8-25-29-30-26(33-19-21-13-15-23(27)16-14-21)31(25)28-17-22-11-6-7-12-24(22)32-18-20-9-4-3-5-10-20/h3-7,9-17H,2,8,18-19H2,1H3/b28-17-. The molecule has 0 saturated heterocycles. The highest BCUT2D eigenvalue weighted by atomic mass is 79.9. The molecule has 0 radical (unpaired) electrons. The number of aryl methyl sites for hydroxylation is 1. The van der Waals surface area contributed by atoms with Crippen molar-refractivity contribution in [2.75, 3.05) is 0 Å². The second-order valence-corrected chi connectivity index (χ2v) is 9.29. The van der Waals surface area contributed by atoms with E-state index in [1.807, 2.05) is 65.5 Å². The predicted molar refractivity (Wildman–Crippen MR) is 138 cm³/mol. The van der Waals surface area contributed by atoms with Crippen LogP contribution < -0.4 is 4.74 Å². The highest BCUT2D eigenvalue weighted by Crippen LogP contribution is 2.24. The first-order chi connectivity index (χ1) is 16.2. The van der Waals surface area contributed by atoms with Crippen molar-refractivity contribution in [3.05, 3.63) is 106 Å². The first kappa shape index (κ1) is 23.3. The SMILES string of the molecule is CCCc1nnc(SCc2ccc(Br)cc2)n1/N=C\c1ccccc1OCc1ccccc1. The van der Waals surface area contributed by atoms with Gasteiger partial charge in [0.25, 0.3) is 0 Å². The Labute approximate surface area is 207 Å². The second-order valence-electron chi connectivity index (χ2n) is 7.43. The average Bonchev–Trinajstić information content (AvgIpc) is 3.23. The van der Waals surface area contributed by atoms with Crippen LogP contribution in [0.2, 0.25) is 0 Å². The van der Waals surface area contributed by atoms with Gasteiger partial charge in [0.2, 0.25) is 5.16 Å². The zero-order valence-electron chi connectivity index (χ0n) is 18.4. The summed E-state index contributed by atoms with van der Waals surface area (Å²) in [4.78, 5) is 0. The van der Waals surface area contributed by atoms with Crippen LogP contribution in [0.1, 0.15) is 35.9 Å². The van der Waals surface area contributed by atoms with Crippen LogP contribution in [0.25, 0.3) is 0 Å². The van der Waals surface area contributed by atoms with Gasteiger partial charge in [0.15, 0.2) is 5.82 Å². The summed E-state index contributed by atoms with van der Waals surface area (Å²) in [6, 6.07) is 26.4. The van der Waals surface area contributed by atoms with Crippen LogP contribution in [-0.4, -0.2) is 21.1 Å². The number of aromatic nitrogens is 3. The third-order valence-corrected chi connectivity index (χ3v) is 6.42. The molecule has 33 heavy (non-hydrogen) atoms. The second kappa shape index (κ2) is 11.8. The van der Waals surface area contributed by atoms with Gasteiger partial charge in [0, 0.05) is 22.2 Å². The molecule has 0 aliphatic rings. The van der Waals surface area contributed by atoms with Crippen molar-refractivity contribution in [2.45, 2.75) is 37.3 Å². The van der Waals surface area contributed by atoms with Crippen molar-refractivity contribution in [3.8, 4) is 5.75 Å². The van der Waals surface area contributed by atoms with Crippen molar-refractivity contribution < 1.29 is 4.74 Å². The fraction of sp³-hybridized carbons (Fsp3) is 0.192. The summed E-state index contributed by atoms with van der Waals surface area (Å²) >= 11 is 5.11. The zero-order chi connectivity index (χ0) is 22.9. The van der Waals surface area contributed by atoms with E-state index in [1.165, 1.54) is 5.56 Å². The maximum atomic E-state index is 6.08. The molecule has 0 amide bonds. The lowest BCUT2D eigenvalue weighted by Crippen LogP contribution is -2.02. The number of nitrogens with zero attached hydrogens (tertiary/aromatic N) is 4. The molecule has 7 heteroatoms. The molecule has 4 rings (SSSR count). The molecule has 0 fully saturated rings. The molecule has 0 N–H and O–H groups in total. The van der Waals surface area contributed by atoms with Crippen LogP contribution in [0.4, 0.5) is 0 Å². The van der Waals surface area contributed by atoms with E-state index in [0.717, 1.165) is 50.9 Å². The van der Waals surface area contributed by atoms with E-state index in [9.17, 15) is 0 Å². The van der Waals surface area contributed by atoms with Gasteiger partial charge in [0.05, 0.1) is 6.21 Å². The van der Waals surface area contributed by atoms with Crippen molar-refractivity contribution in [1.29, 1.82) is 0 Å². The summed E-state index contributed by atoms with van der Waals surface area (Å²) < 4.78 is 9.00. The normalized spacial score (nSPS) is 11.2. The maximum Gasteiger partial charge on any atom is 0.212 e. The maximum absolute atomic E-state index is 6.08. The number of para-hydroxylation sites is 1. The first-order valence-corrected chi connectivity index (χ1v) is 12.6. The molecule has 0 spiro atoms. The minimum absolute atomic E-state index is 0.508. The lowest BCUT2D eigenvalue weighted by molar-refractivity contribution is 0.306. The molecular formula is C26H25BrN4OS. The van der Waals surface area contributed by atoms with E-state index in [2.05, 4.69) is 57.3 Å². The van der Waals surface area contributed by atoms with Gasteiger partial charge in [-0.25, -0.2) is 0 Å². The summed E-state index contributed by atoms with van der Waals surface area (Å²) in [5.41, 5.74) is 3.26. The number of hydrogen-bond donors (Lipinski definition) is 0. The summed E-state index contributed by atoms with van der Waals surface area (Å²) in [6.07, 6.45) is 3.61. The smallest absolute Gasteiger partial charge is 0.212 e. The lowest BCUT2D eigenvalue weighted by Gasteiger charge is -2.09. The van der Waals surface area contributed by atoms with E-state index in [0.29, 0.717) is 6.61 Å². The largest absolute Gasteiger partial charge is 0.488 e. The van der Waals surface area contributed by atoms with E-state index in [1.54, 1.807) is 11.8 Å². The molecule has 0 unspecified atom stereocenters. The lowest BCUT2D eigenvalue weighted by atomic mass is 10.2. The molecular weight excluding hydrogens is 496 g/mol. The molecule has 4 aromatic rings. The summed E-state index contributed by atoms with van der Waals surface area (Å²) in [7, 11) is 0. The van der Waals surface area contributed by atoms with Crippen LogP contribution in [-0.2, 0) is 18.8 Å². The molecule has 3 aromatic carbocycles. The van der Waals surface area contributed by atoms with Gasteiger partial charge in [0.1, 0.15) is 12.4 Å². The highest BCUT2D eigenvalue weighted by molar-refractivity contribution is 9.10. The average molecular weight is 521 g/mol. The van der Waals surface area contributed by atoms with Crippen LogP contribution >= 0.6 is 27.7 Å². The Kier molecular flexibility index (Phi) is 8.33. The minimum Gasteiger partial charge on any atom is -0.488 e. The topological polar surface area (TPSA) is 52.3 Å². The Morgan fingerprint density at radius 2 is 1.70 bits per heavy atom. The highest BCUT2D eigenvalue weighted by Gasteiger charge is 2.12. The van der Waals surface area contributed by atoms with Gasteiger partial charge in [-0.1, -0.05) is 89.2 Å². The summed E-state index contributed by atoms with van der Waals surface area (Å²) in [5.74, 6) is 2.44. The Hall–Kier alpha value is -2.90. The molecule has 0 atom stereocenters. The van der Waals surface area contributed by atoms with E-state index >= 15 is 0 Å². The number of benzene rings is 3. The van der Waals surface area contributed by atoms with Gasteiger partial charge in [-0.15, -0.1) is 10.2 Å². The third kappa shape index (κ3) is 6.55. The van der Waals surface area contributed by atoms with Gasteiger partial charge in [-0.05, 0) is 41.8 Å². The Morgan fingerprint density at radius 1 is 0.939 bits per heavy atom. The Balaban J connectivity index is 1.52. The van der Waals surface area contributed by atoms with Gasteiger partial charge >= 0.3 is 0 Å². The quantitative estimate of drug-likeness (QED) is 0.171. The number of ether oxygens (including phenoxy) is 1. The van der Waals surface area contributed by atoms with Gasteiger partial charge < -0.3 is 4.74 Å². The Bertz CT molecular complexity index is 1190. The number of thioether (sulfide) groups is 1. The van der Waals surface area contributed by atoms with Gasteiger partial charge in [-0.2, -0.15) is 9.78 Å². The van der Waals surface area contributed by atoms with Crippen LogP contribution in [0.15, 0.2) is 93.6 Å². The fourth-order valence-electron chi connectivity index (χ4n) is 3.18. The van der Waals surface area contributed by atoms with Crippen LogP contribution in [0.5, 0.6) is 5.75 Å². The molecule has 0 aliphatic heterocycles. The van der Waals surface area contributed by atoms with E-state index in [-0.39, 0.29) is 0 Å². The zero-order valence-corrected chi connectivity index (χ0v) is 20.8. The minimum atomic E-state index is 0.508. The molecule has 168 valence electrons.